The summed E-state index contributed by atoms with van der Waals surface area (Å²) in [5, 5.41) is 8.09. The van der Waals surface area contributed by atoms with Crippen LogP contribution in [0.5, 0.6) is 0 Å². The van der Waals surface area contributed by atoms with Crippen LogP contribution in [0.15, 0.2) is 78.5 Å². The highest BCUT2D eigenvalue weighted by atomic mass is 32.2. The minimum Gasteiger partial charge on any atom is -0.365 e. The number of hydrogen-bond acceptors (Lipinski definition) is 12. The molecule has 0 saturated carbocycles. The van der Waals surface area contributed by atoms with Gasteiger partial charge in [-0.15, -0.1) is 0 Å². The molecule has 0 atom stereocenters. The number of alkyl halides is 6. The van der Waals surface area contributed by atoms with Gasteiger partial charge in [-0.2, -0.15) is 36.3 Å². The Hall–Kier alpha value is -5.39. The van der Waals surface area contributed by atoms with Gasteiger partial charge in [0.25, 0.3) is 0 Å². The Bertz CT molecular complexity index is 2160. The van der Waals surface area contributed by atoms with E-state index in [0.29, 0.717) is 44.8 Å². The minimum atomic E-state index is -4.51. The fraction of sp³-hybridized carbons (Fsp3) is 0.294. The van der Waals surface area contributed by atoms with Crippen molar-refractivity contribution in [2.24, 2.45) is 0 Å². The molecule has 1 saturated heterocycles. The Labute approximate surface area is 297 Å². The van der Waals surface area contributed by atoms with E-state index in [2.05, 4.69) is 50.5 Å². The van der Waals surface area contributed by atoms with Crippen molar-refractivity contribution < 1.29 is 26.3 Å². The van der Waals surface area contributed by atoms with Crippen LogP contribution in [0.25, 0.3) is 22.1 Å². The second kappa shape index (κ2) is 15.5. The summed E-state index contributed by atoms with van der Waals surface area (Å²) >= 11 is 1.46. The first kappa shape index (κ1) is 36.4. The van der Waals surface area contributed by atoms with E-state index >= 15 is 0 Å². The average Bonchev–Trinajstić information content (AvgIpc) is 3.08. The highest BCUT2D eigenvalue weighted by Crippen LogP contribution is 2.33. The van der Waals surface area contributed by atoms with Gasteiger partial charge < -0.3 is 15.5 Å². The summed E-state index contributed by atoms with van der Waals surface area (Å²) in [6.45, 7) is 5.62. The van der Waals surface area contributed by atoms with Gasteiger partial charge in [-0.3, -0.25) is 9.97 Å². The van der Waals surface area contributed by atoms with Gasteiger partial charge in [-0.05, 0) is 42.8 Å². The lowest BCUT2D eigenvalue weighted by Crippen LogP contribution is -2.38. The van der Waals surface area contributed by atoms with E-state index in [9.17, 15) is 26.3 Å². The number of anilines is 3. The summed E-state index contributed by atoms with van der Waals surface area (Å²) < 4.78 is 78.7. The third-order valence-corrected chi connectivity index (χ3v) is 8.47. The highest BCUT2D eigenvalue weighted by Gasteiger charge is 2.36. The third kappa shape index (κ3) is 8.72. The first-order chi connectivity index (χ1) is 24.9. The Morgan fingerprint density at radius 2 is 1.13 bits per heavy atom. The van der Waals surface area contributed by atoms with Crippen molar-refractivity contribution in [1.82, 2.24) is 39.9 Å². The first-order valence-corrected chi connectivity index (χ1v) is 16.9. The Morgan fingerprint density at radius 1 is 0.654 bits per heavy atom. The lowest BCUT2D eigenvalue weighted by Gasteiger charge is -2.31. The number of nitrogens with one attached hydrogen (secondary N) is 2. The van der Waals surface area contributed by atoms with Crippen molar-refractivity contribution >= 4 is 51.4 Å². The van der Waals surface area contributed by atoms with Crippen LogP contribution in [-0.4, -0.2) is 58.2 Å². The molecule has 7 rings (SSSR count). The first-order valence-electron chi connectivity index (χ1n) is 16.0. The third-order valence-electron chi connectivity index (χ3n) is 7.60. The monoisotopic (exact) mass is 739 g/mol. The van der Waals surface area contributed by atoms with Crippen LogP contribution in [0.1, 0.15) is 42.8 Å². The van der Waals surface area contributed by atoms with E-state index < -0.39 is 23.7 Å². The molecule has 6 aromatic rings. The second-order valence-electron chi connectivity index (χ2n) is 11.7. The number of fused-ring (bicyclic) bond motifs is 2. The summed E-state index contributed by atoms with van der Waals surface area (Å²) in [6, 6.07) is 12.8. The molecule has 0 spiro atoms. The van der Waals surface area contributed by atoms with E-state index in [0.717, 1.165) is 31.9 Å². The predicted octanol–water partition coefficient (Wildman–Crippen LogP) is 7.81. The van der Waals surface area contributed by atoms with Gasteiger partial charge in [-0.1, -0.05) is 37.7 Å². The van der Waals surface area contributed by atoms with Gasteiger partial charge in [0.05, 0.1) is 10.8 Å². The van der Waals surface area contributed by atoms with E-state index in [-0.39, 0.29) is 29.5 Å². The van der Waals surface area contributed by atoms with Crippen molar-refractivity contribution in [1.29, 1.82) is 0 Å². The Morgan fingerprint density at radius 3 is 1.62 bits per heavy atom. The maximum Gasteiger partial charge on any atom is 0.433 e. The number of nitrogens with zero attached hydrogens (tertiary/aromatic N) is 9. The lowest BCUT2D eigenvalue weighted by molar-refractivity contribution is -0.142. The summed E-state index contributed by atoms with van der Waals surface area (Å²) in [5.74, 6) is 1.44. The molecule has 0 radical (unpaired) electrons. The Balaban J connectivity index is 0.000000179. The number of thioether (sulfide) groups is 1. The van der Waals surface area contributed by atoms with Gasteiger partial charge in [0.2, 0.25) is 5.95 Å². The van der Waals surface area contributed by atoms with Crippen LogP contribution in [0.2, 0.25) is 0 Å². The molecular formula is C34H31F6N11S. The van der Waals surface area contributed by atoms with Crippen molar-refractivity contribution in [2.75, 3.05) is 28.6 Å². The zero-order chi connectivity index (χ0) is 36.9. The van der Waals surface area contributed by atoms with Crippen LogP contribution >= 0.6 is 11.8 Å². The second-order valence-corrected chi connectivity index (χ2v) is 13.3. The molecular weight excluding hydrogens is 709 g/mol. The summed E-state index contributed by atoms with van der Waals surface area (Å²) in [4.78, 5) is 35.2. The number of pyridine rings is 4. The molecule has 1 aliphatic rings. The van der Waals surface area contributed by atoms with Crippen LogP contribution < -0.4 is 15.5 Å². The summed E-state index contributed by atoms with van der Waals surface area (Å²) in [7, 11) is 0. The molecule has 52 heavy (non-hydrogen) atoms. The molecule has 1 aliphatic heterocycles. The zero-order valence-electron chi connectivity index (χ0n) is 27.7. The molecule has 0 aromatic carbocycles. The van der Waals surface area contributed by atoms with E-state index in [4.69, 9.17) is 0 Å². The zero-order valence-corrected chi connectivity index (χ0v) is 28.6. The quantitative estimate of drug-likeness (QED) is 0.0852. The van der Waals surface area contributed by atoms with Gasteiger partial charge in [0.1, 0.15) is 23.0 Å². The molecule has 18 heteroatoms. The standard InChI is InChI=1S/C17H15F3N6.C17H16F3N5S/c18-17(19,20)13-11(4-1-6-21-13)10-23-15-12-5-2-7-22-14(12)24-16(25-15)26-8-3-9-26;1-10(2)26-16-24-14-12(6-4-8-22-14)15(25-16)23-9-11-5-3-7-21-13(11)17(18,19)20/h1-2,4-7H,3,8-10H2,(H,22,23,24,25);3-8,10H,9H2,1-2H3,(H,22,23,24,25). The van der Waals surface area contributed by atoms with E-state index in [1.807, 2.05) is 18.7 Å². The van der Waals surface area contributed by atoms with E-state index in [1.54, 1.807) is 36.7 Å². The maximum absolute atomic E-state index is 13.1. The van der Waals surface area contributed by atoms with E-state index in [1.165, 1.54) is 36.0 Å². The smallest absolute Gasteiger partial charge is 0.365 e. The van der Waals surface area contributed by atoms with Gasteiger partial charge >= 0.3 is 12.4 Å². The fourth-order valence-electron chi connectivity index (χ4n) is 5.11. The van der Waals surface area contributed by atoms with Crippen LogP contribution in [0, 0.1) is 0 Å². The van der Waals surface area contributed by atoms with Crippen LogP contribution in [0.3, 0.4) is 0 Å². The molecule has 0 aliphatic carbocycles. The summed E-state index contributed by atoms with van der Waals surface area (Å²) in [5.41, 5.74) is -0.688. The van der Waals surface area contributed by atoms with Gasteiger partial charge in [0.15, 0.2) is 16.5 Å². The molecule has 1 fully saturated rings. The normalized spacial score (nSPS) is 13.1. The number of rotatable bonds is 9. The molecule has 270 valence electrons. The SMILES string of the molecule is CC(C)Sc1nc(NCc2cccnc2C(F)(F)F)c2cccnc2n1.FC(F)(F)c1ncccc1CNc1nc(N2CCC2)nc2ncccc12. The number of hydrogen-bond donors (Lipinski definition) is 2. The number of halogens is 6. The largest absolute Gasteiger partial charge is 0.433 e. The highest BCUT2D eigenvalue weighted by molar-refractivity contribution is 7.99. The molecule has 6 aromatic heterocycles. The molecule has 0 amide bonds. The molecule has 2 N–H and O–H groups in total. The molecule has 11 nitrogen and oxygen atoms in total. The Kier molecular flexibility index (Phi) is 10.8. The predicted molar refractivity (Wildman–Crippen MR) is 186 cm³/mol. The van der Waals surface area contributed by atoms with Crippen molar-refractivity contribution in [3.8, 4) is 0 Å². The van der Waals surface area contributed by atoms with Crippen LogP contribution in [-0.2, 0) is 25.4 Å². The molecule has 0 bridgehead atoms. The van der Waals surface area contributed by atoms with Crippen molar-refractivity contribution in [3.63, 3.8) is 0 Å². The molecule has 7 heterocycles. The van der Waals surface area contributed by atoms with Gasteiger partial charge in [0, 0.05) is 67.3 Å². The number of aromatic nitrogens is 8. The maximum atomic E-state index is 13.1. The van der Waals surface area contributed by atoms with Crippen molar-refractivity contribution in [3.05, 3.63) is 95.8 Å². The lowest BCUT2D eigenvalue weighted by atomic mass is 10.2. The van der Waals surface area contributed by atoms with Crippen LogP contribution in [0.4, 0.5) is 43.9 Å². The van der Waals surface area contributed by atoms with Crippen molar-refractivity contribution in [2.45, 2.75) is 56.1 Å². The topological polar surface area (TPSA) is 130 Å². The average molecular weight is 740 g/mol. The molecule has 0 unspecified atom stereocenters. The minimum absolute atomic E-state index is 0.0497. The van der Waals surface area contributed by atoms with Gasteiger partial charge in [-0.25, -0.2) is 19.9 Å². The summed E-state index contributed by atoms with van der Waals surface area (Å²) in [6.07, 6.45) is -2.43. The fourth-order valence-corrected chi connectivity index (χ4v) is 5.82.